The first kappa shape index (κ1) is 34.8. The highest BCUT2D eigenvalue weighted by Crippen LogP contribution is 2.58. The van der Waals surface area contributed by atoms with E-state index in [2.05, 4.69) is 210 Å². The third-order valence-corrected chi connectivity index (χ3v) is 15.4. The minimum atomic E-state index is -0.106. The van der Waals surface area contributed by atoms with Crippen LogP contribution in [0.1, 0.15) is 74.9 Å². The van der Waals surface area contributed by atoms with Crippen LogP contribution in [0, 0.1) is 0 Å². The SMILES string of the molecule is CC1(C)c2ccccc2-c2ccc(N(c3ccc4c(c3)C(C)(C)c3ccccc3-4)c3ccc4c(c3)sc3cc5c(c(-c6ccccc6)c34)-c3ccccc3C5(C)C)cc21. The van der Waals surface area contributed by atoms with Gasteiger partial charge in [0.2, 0.25) is 0 Å². The topological polar surface area (TPSA) is 3.24 Å². The van der Waals surface area contributed by atoms with Gasteiger partial charge in [-0.25, -0.2) is 0 Å². The molecule has 8 aromatic carbocycles. The van der Waals surface area contributed by atoms with Crippen molar-refractivity contribution in [1.29, 1.82) is 0 Å². The molecule has 0 amide bonds. The zero-order valence-corrected chi connectivity index (χ0v) is 35.3. The van der Waals surface area contributed by atoms with Crippen LogP contribution in [0.3, 0.4) is 0 Å². The fourth-order valence-electron chi connectivity index (χ4n) is 11.2. The van der Waals surface area contributed by atoms with E-state index in [4.69, 9.17) is 0 Å². The third-order valence-electron chi connectivity index (χ3n) is 14.3. The summed E-state index contributed by atoms with van der Waals surface area (Å²) in [6.45, 7) is 14.3. The second-order valence-electron chi connectivity index (χ2n) is 18.5. The predicted molar refractivity (Wildman–Crippen MR) is 252 cm³/mol. The molecule has 3 aliphatic carbocycles. The summed E-state index contributed by atoms with van der Waals surface area (Å²) in [5.74, 6) is 0. The molecule has 1 nitrogen and oxygen atoms in total. The van der Waals surface area contributed by atoms with Crippen LogP contribution in [-0.4, -0.2) is 0 Å². The van der Waals surface area contributed by atoms with Crippen LogP contribution in [0.25, 0.3) is 64.7 Å². The van der Waals surface area contributed by atoms with Gasteiger partial charge in [-0.2, -0.15) is 0 Å². The van der Waals surface area contributed by atoms with Crippen LogP contribution in [-0.2, 0) is 16.2 Å². The Morgan fingerprint density at radius 3 is 1.41 bits per heavy atom. The van der Waals surface area contributed by atoms with Crippen LogP contribution in [0.5, 0.6) is 0 Å². The first-order valence-electron chi connectivity index (χ1n) is 21.0. The van der Waals surface area contributed by atoms with Crippen LogP contribution in [0.4, 0.5) is 17.1 Å². The predicted octanol–water partition coefficient (Wildman–Crippen LogP) is 16.1. The van der Waals surface area contributed by atoms with Crippen molar-refractivity contribution in [2.45, 2.75) is 57.8 Å². The Kier molecular flexibility index (Phi) is 7.04. The molecule has 1 heterocycles. The fourth-order valence-corrected chi connectivity index (χ4v) is 12.4. The third kappa shape index (κ3) is 4.67. The average molecular weight is 776 g/mol. The van der Waals surface area contributed by atoms with Crippen LogP contribution >= 0.6 is 11.3 Å². The number of hydrogen-bond acceptors (Lipinski definition) is 2. The summed E-state index contributed by atoms with van der Waals surface area (Å²) in [5, 5.41) is 2.67. The van der Waals surface area contributed by atoms with Gasteiger partial charge in [-0.1, -0.05) is 163 Å². The van der Waals surface area contributed by atoms with Crippen molar-refractivity contribution >= 4 is 48.6 Å². The van der Waals surface area contributed by atoms with E-state index in [9.17, 15) is 0 Å². The van der Waals surface area contributed by atoms with Gasteiger partial charge in [0.1, 0.15) is 0 Å². The summed E-state index contributed by atoms with van der Waals surface area (Å²) in [4.78, 5) is 2.51. The second kappa shape index (κ2) is 11.9. The molecule has 0 N–H and O–H groups in total. The number of thiophene rings is 1. The van der Waals surface area contributed by atoms with Crippen LogP contribution < -0.4 is 4.90 Å². The highest BCUT2D eigenvalue weighted by atomic mass is 32.1. The lowest BCUT2D eigenvalue weighted by atomic mass is 9.81. The zero-order chi connectivity index (χ0) is 40.0. The molecular weight excluding hydrogens is 731 g/mol. The lowest BCUT2D eigenvalue weighted by molar-refractivity contribution is 0.660. The zero-order valence-electron chi connectivity index (χ0n) is 34.4. The molecule has 0 saturated heterocycles. The molecule has 0 saturated carbocycles. The summed E-state index contributed by atoms with van der Waals surface area (Å²) in [5.41, 5.74) is 22.4. The lowest BCUT2D eigenvalue weighted by Crippen LogP contribution is -2.18. The van der Waals surface area contributed by atoms with Crippen molar-refractivity contribution in [2.24, 2.45) is 0 Å². The molecule has 0 atom stereocenters. The summed E-state index contributed by atoms with van der Waals surface area (Å²) in [7, 11) is 0. The number of anilines is 3. The molecular formula is C57H45NS. The maximum Gasteiger partial charge on any atom is 0.0476 e. The molecule has 3 aliphatic rings. The van der Waals surface area contributed by atoms with E-state index in [1.54, 1.807) is 0 Å². The Morgan fingerprint density at radius 2 is 0.814 bits per heavy atom. The summed E-state index contributed by atoms with van der Waals surface area (Å²) in [6.07, 6.45) is 0. The number of benzene rings is 8. The van der Waals surface area contributed by atoms with Crippen LogP contribution in [0.2, 0.25) is 0 Å². The second-order valence-corrected chi connectivity index (χ2v) is 19.6. The van der Waals surface area contributed by atoms with Gasteiger partial charge in [0.15, 0.2) is 0 Å². The van der Waals surface area contributed by atoms with Gasteiger partial charge in [-0.15, -0.1) is 11.3 Å². The molecule has 9 aromatic rings. The molecule has 2 heteroatoms. The molecule has 12 rings (SSSR count). The first-order valence-corrected chi connectivity index (χ1v) is 21.8. The van der Waals surface area contributed by atoms with Crippen molar-refractivity contribution in [3.63, 3.8) is 0 Å². The van der Waals surface area contributed by atoms with Gasteiger partial charge in [0.25, 0.3) is 0 Å². The number of rotatable bonds is 4. The maximum absolute atomic E-state index is 2.51. The van der Waals surface area contributed by atoms with E-state index < -0.39 is 0 Å². The molecule has 0 unspecified atom stereocenters. The largest absolute Gasteiger partial charge is 0.310 e. The minimum absolute atomic E-state index is 0.0935. The molecule has 0 radical (unpaired) electrons. The highest BCUT2D eigenvalue weighted by molar-refractivity contribution is 7.26. The van der Waals surface area contributed by atoms with Gasteiger partial charge >= 0.3 is 0 Å². The van der Waals surface area contributed by atoms with Crippen molar-refractivity contribution in [3.05, 3.63) is 197 Å². The quantitative estimate of drug-likeness (QED) is 0.172. The Morgan fingerprint density at radius 1 is 0.356 bits per heavy atom. The first-order chi connectivity index (χ1) is 28.5. The van der Waals surface area contributed by atoms with Crippen molar-refractivity contribution in [2.75, 3.05) is 4.90 Å². The highest BCUT2D eigenvalue weighted by Gasteiger charge is 2.40. The maximum atomic E-state index is 2.51. The van der Waals surface area contributed by atoms with E-state index in [-0.39, 0.29) is 16.2 Å². The molecule has 0 bridgehead atoms. The van der Waals surface area contributed by atoms with E-state index in [1.807, 2.05) is 11.3 Å². The molecule has 0 fully saturated rings. The summed E-state index contributed by atoms with van der Waals surface area (Å²) in [6, 6.07) is 62.1. The average Bonchev–Trinajstić information content (AvgIpc) is 3.89. The standard InChI is InChI=1S/C57H45NS/c1-55(2)44-21-13-10-18-38(44)40-27-24-35(30-47(40)55)58(36-25-28-41-39-19-11-14-22-45(39)56(3,4)48(41)31-36)37-26-29-43-50(32-37)59-51-33-49-53(42-20-12-15-23-46(42)57(49,5)6)52(54(43)51)34-16-8-7-9-17-34/h7-33H,1-6H3. The fraction of sp³-hybridized carbons (Fsp3) is 0.158. The molecule has 59 heavy (non-hydrogen) atoms. The number of hydrogen-bond donors (Lipinski definition) is 0. The summed E-state index contributed by atoms with van der Waals surface area (Å²) < 4.78 is 2.65. The Labute approximate surface area is 351 Å². The Balaban J connectivity index is 1.10. The van der Waals surface area contributed by atoms with Gasteiger partial charge < -0.3 is 4.90 Å². The molecule has 1 aromatic heterocycles. The monoisotopic (exact) mass is 775 g/mol. The van der Waals surface area contributed by atoms with Gasteiger partial charge in [-0.05, 0) is 120 Å². The van der Waals surface area contributed by atoms with Gasteiger partial charge in [0.05, 0.1) is 0 Å². The lowest BCUT2D eigenvalue weighted by Gasteiger charge is -2.29. The van der Waals surface area contributed by atoms with Crippen LogP contribution in [0.15, 0.2) is 164 Å². The molecule has 284 valence electrons. The van der Waals surface area contributed by atoms with E-state index in [0.717, 1.165) is 0 Å². The minimum Gasteiger partial charge on any atom is -0.310 e. The van der Waals surface area contributed by atoms with E-state index in [1.165, 1.54) is 115 Å². The Bertz CT molecular complexity index is 3140. The summed E-state index contributed by atoms with van der Waals surface area (Å²) >= 11 is 1.93. The smallest absolute Gasteiger partial charge is 0.0476 e. The number of fused-ring (bicyclic) bond motifs is 12. The molecule has 0 aliphatic heterocycles. The van der Waals surface area contributed by atoms with Gasteiger partial charge in [-0.3, -0.25) is 0 Å². The van der Waals surface area contributed by atoms with Crippen molar-refractivity contribution < 1.29 is 0 Å². The van der Waals surface area contributed by atoms with E-state index >= 15 is 0 Å². The molecule has 0 spiro atoms. The van der Waals surface area contributed by atoms with Crippen molar-refractivity contribution in [3.8, 4) is 44.5 Å². The Hall–Kier alpha value is -6.22. The van der Waals surface area contributed by atoms with E-state index in [0.29, 0.717) is 0 Å². The van der Waals surface area contributed by atoms with Gasteiger partial charge in [0, 0.05) is 53.5 Å². The van der Waals surface area contributed by atoms with Crippen molar-refractivity contribution in [1.82, 2.24) is 0 Å². The number of nitrogens with zero attached hydrogens (tertiary/aromatic N) is 1. The normalized spacial score (nSPS) is 15.7.